The molecule has 0 bridgehead atoms. The molecule has 2 saturated heterocycles. The number of rotatable bonds is 2. The predicted molar refractivity (Wildman–Crippen MR) is 75.6 cm³/mol. The third-order valence-electron chi connectivity index (χ3n) is 3.68. The van der Waals surface area contributed by atoms with E-state index in [4.69, 9.17) is 0 Å². The molecule has 6 heteroatoms. The van der Waals surface area contributed by atoms with Gasteiger partial charge in [0.15, 0.2) is 0 Å². The zero-order chi connectivity index (χ0) is 13.4. The minimum absolute atomic E-state index is 0.0417. The maximum Gasteiger partial charge on any atom is 0.317 e. The minimum atomic E-state index is 0.0417. The van der Waals surface area contributed by atoms with Crippen LogP contribution in [-0.4, -0.2) is 49.4 Å². The van der Waals surface area contributed by atoms with Crippen molar-refractivity contribution in [3.8, 4) is 0 Å². The summed E-state index contributed by atoms with van der Waals surface area (Å²) in [7, 11) is 0. The number of fused-ring (bicyclic) bond motifs is 1. The summed E-state index contributed by atoms with van der Waals surface area (Å²) in [5.41, 5.74) is 1.73. The van der Waals surface area contributed by atoms with E-state index in [9.17, 15) is 9.59 Å². The molecule has 1 unspecified atom stereocenters. The standard InChI is InChI=1S/C13H14BrN3O2/c14-11-5-9(8-18)1-2-12(11)16-3-4-17-10(7-16)6-15-13(17)19/h1-2,5,8,10H,3-4,6-7H2,(H,15,19). The quantitative estimate of drug-likeness (QED) is 0.839. The van der Waals surface area contributed by atoms with Crippen molar-refractivity contribution >= 4 is 33.9 Å². The summed E-state index contributed by atoms with van der Waals surface area (Å²) in [6.45, 7) is 3.07. The Morgan fingerprint density at radius 2 is 2.21 bits per heavy atom. The lowest BCUT2D eigenvalue weighted by molar-refractivity contribution is 0.112. The maximum absolute atomic E-state index is 11.6. The van der Waals surface area contributed by atoms with Crippen molar-refractivity contribution in [2.75, 3.05) is 31.1 Å². The molecule has 2 heterocycles. The first-order valence-corrected chi connectivity index (χ1v) is 7.02. The fourth-order valence-corrected chi connectivity index (χ4v) is 3.32. The number of amides is 2. The van der Waals surface area contributed by atoms with Crippen LogP contribution in [0.15, 0.2) is 22.7 Å². The number of nitrogens with zero attached hydrogens (tertiary/aromatic N) is 2. The van der Waals surface area contributed by atoms with Crippen molar-refractivity contribution in [1.29, 1.82) is 0 Å². The van der Waals surface area contributed by atoms with Gasteiger partial charge < -0.3 is 15.1 Å². The van der Waals surface area contributed by atoms with Crippen molar-refractivity contribution in [2.45, 2.75) is 6.04 Å². The van der Waals surface area contributed by atoms with E-state index < -0.39 is 0 Å². The summed E-state index contributed by atoms with van der Waals surface area (Å²) in [6.07, 6.45) is 0.839. The lowest BCUT2D eigenvalue weighted by Crippen LogP contribution is -2.52. The van der Waals surface area contributed by atoms with Crippen LogP contribution >= 0.6 is 15.9 Å². The number of piperazine rings is 1. The molecule has 2 aliphatic heterocycles. The fourth-order valence-electron chi connectivity index (χ4n) is 2.68. The number of anilines is 1. The van der Waals surface area contributed by atoms with Crippen LogP contribution in [-0.2, 0) is 0 Å². The molecule has 19 heavy (non-hydrogen) atoms. The van der Waals surface area contributed by atoms with Gasteiger partial charge in [-0.15, -0.1) is 0 Å². The molecular weight excluding hydrogens is 310 g/mol. The lowest BCUT2D eigenvalue weighted by Gasteiger charge is -2.38. The van der Waals surface area contributed by atoms with Gasteiger partial charge in [-0.2, -0.15) is 0 Å². The SMILES string of the molecule is O=Cc1ccc(N2CCN3C(=O)NCC3C2)c(Br)c1. The molecule has 1 atom stereocenters. The number of urea groups is 1. The monoisotopic (exact) mass is 323 g/mol. The molecular formula is C13H14BrN3O2. The predicted octanol–water partition coefficient (Wildman–Crippen LogP) is 1.48. The first kappa shape index (κ1) is 12.5. The van der Waals surface area contributed by atoms with Gasteiger partial charge in [0.05, 0.1) is 11.7 Å². The van der Waals surface area contributed by atoms with Crippen LogP contribution in [0, 0.1) is 0 Å². The van der Waals surface area contributed by atoms with Gasteiger partial charge in [-0.3, -0.25) is 4.79 Å². The number of benzene rings is 1. The smallest absolute Gasteiger partial charge is 0.317 e. The van der Waals surface area contributed by atoms with E-state index in [-0.39, 0.29) is 12.1 Å². The largest absolute Gasteiger partial charge is 0.367 e. The van der Waals surface area contributed by atoms with Crippen molar-refractivity contribution in [3.63, 3.8) is 0 Å². The van der Waals surface area contributed by atoms with Crippen molar-refractivity contribution in [2.24, 2.45) is 0 Å². The fraction of sp³-hybridized carbons (Fsp3) is 0.385. The Balaban J connectivity index is 1.80. The molecule has 1 N–H and O–H groups in total. The lowest BCUT2D eigenvalue weighted by atomic mass is 10.1. The number of nitrogens with one attached hydrogen (secondary N) is 1. The van der Waals surface area contributed by atoms with Gasteiger partial charge in [-0.25, -0.2) is 4.79 Å². The molecule has 0 aliphatic carbocycles. The summed E-state index contributed by atoms with van der Waals surface area (Å²) in [5.74, 6) is 0. The van der Waals surface area contributed by atoms with Crippen LogP contribution in [0.2, 0.25) is 0 Å². The third kappa shape index (κ3) is 2.20. The summed E-state index contributed by atoms with van der Waals surface area (Å²) in [5, 5.41) is 2.87. The summed E-state index contributed by atoms with van der Waals surface area (Å²) < 4.78 is 0.919. The van der Waals surface area contributed by atoms with Crippen LogP contribution in [0.25, 0.3) is 0 Å². The number of aldehydes is 1. The van der Waals surface area contributed by atoms with Crippen LogP contribution < -0.4 is 10.2 Å². The highest BCUT2D eigenvalue weighted by atomic mass is 79.9. The van der Waals surface area contributed by atoms with E-state index in [1.165, 1.54) is 0 Å². The van der Waals surface area contributed by atoms with E-state index in [0.29, 0.717) is 12.1 Å². The van der Waals surface area contributed by atoms with Crippen molar-refractivity contribution in [3.05, 3.63) is 28.2 Å². The van der Waals surface area contributed by atoms with E-state index in [1.54, 1.807) is 0 Å². The molecule has 2 aliphatic rings. The third-order valence-corrected chi connectivity index (χ3v) is 4.32. The van der Waals surface area contributed by atoms with Crippen molar-refractivity contribution in [1.82, 2.24) is 10.2 Å². The molecule has 2 amide bonds. The normalized spacial score (nSPS) is 22.2. The molecule has 3 rings (SSSR count). The van der Waals surface area contributed by atoms with E-state index in [1.807, 2.05) is 23.1 Å². The van der Waals surface area contributed by atoms with Gasteiger partial charge in [0, 0.05) is 36.2 Å². The van der Waals surface area contributed by atoms with E-state index in [0.717, 1.165) is 36.1 Å². The summed E-state index contributed by atoms with van der Waals surface area (Å²) >= 11 is 3.51. The molecule has 0 saturated carbocycles. The number of hydrogen-bond donors (Lipinski definition) is 1. The first-order chi connectivity index (χ1) is 9.19. The average Bonchev–Trinajstić information content (AvgIpc) is 2.79. The number of hydrogen-bond acceptors (Lipinski definition) is 3. The Bertz CT molecular complexity index is 535. The van der Waals surface area contributed by atoms with Gasteiger partial charge >= 0.3 is 6.03 Å². The first-order valence-electron chi connectivity index (χ1n) is 6.23. The Kier molecular flexibility index (Phi) is 3.18. The molecule has 2 fully saturated rings. The minimum Gasteiger partial charge on any atom is -0.367 e. The highest BCUT2D eigenvalue weighted by Gasteiger charge is 2.35. The van der Waals surface area contributed by atoms with E-state index in [2.05, 4.69) is 26.1 Å². The topological polar surface area (TPSA) is 52.7 Å². The Hall–Kier alpha value is -1.56. The van der Waals surface area contributed by atoms with Crippen LogP contribution in [0.5, 0.6) is 0 Å². The highest BCUT2D eigenvalue weighted by molar-refractivity contribution is 9.10. The molecule has 5 nitrogen and oxygen atoms in total. The summed E-state index contributed by atoms with van der Waals surface area (Å²) in [6, 6.07) is 5.87. The van der Waals surface area contributed by atoms with Crippen LogP contribution in [0.1, 0.15) is 10.4 Å². The second kappa shape index (κ2) is 4.85. The number of halogens is 1. The van der Waals surface area contributed by atoms with Gasteiger partial charge in [-0.1, -0.05) is 0 Å². The average molecular weight is 324 g/mol. The zero-order valence-electron chi connectivity index (χ0n) is 10.3. The van der Waals surface area contributed by atoms with E-state index >= 15 is 0 Å². The zero-order valence-corrected chi connectivity index (χ0v) is 11.9. The van der Waals surface area contributed by atoms with Crippen LogP contribution in [0.3, 0.4) is 0 Å². The number of carbonyl (C=O) groups excluding carboxylic acids is 2. The molecule has 100 valence electrons. The van der Waals surface area contributed by atoms with Gasteiger partial charge in [-0.05, 0) is 34.1 Å². The molecule has 0 spiro atoms. The summed E-state index contributed by atoms with van der Waals surface area (Å²) in [4.78, 5) is 26.4. The molecule has 0 aromatic heterocycles. The van der Waals surface area contributed by atoms with Gasteiger partial charge in [0.1, 0.15) is 6.29 Å². The second-order valence-corrected chi connectivity index (χ2v) is 5.66. The Morgan fingerprint density at radius 3 is 2.95 bits per heavy atom. The second-order valence-electron chi connectivity index (χ2n) is 4.81. The highest BCUT2D eigenvalue weighted by Crippen LogP contribution is 2.29. The Morgan fingerprint density at radius 1 is 1.37 bits per heavy atom. The van der Waals surface area contributed by atoms with Crippen molar-refractivity contribution < 1.29 is 9.59 Å². The molecule has 1 aromatic carbocycles. The number of carbonyl (C=O) groups is 2. The van der Waals surface area contributed by atoms with Crippen LogP contribution in [0.4, 0.5) is 10.5 Å². The van der Waals surface area contributed by atoms with Gasteiger partial charge in [0.25, 0.3) is 0 Å². The maximum atomic E-state index is 11.6. The van der Waals surface area contributed by atoms with Gasteiger partial charge in [0.2, 0.25) is 0 Å². The molecule has 0 radical (unpaired) electrons. The molecule has 1 aromatic rings. The Labute approximate surface area is 119 Å².